The quantitative estimate of drug-likeness (QED) is 0.716. The zero-order valence-corrected chi connectivity index (χ0v) is 10.3. The molecule has 1 N–H and O–H groups in total. The van der Waals surface area contributed by atoms with Crippen molar-refractivity contribution in [1.82, 2.24) is 15.1 Å². The molecule has 0 aromatic carbocycles. The van der Waals surface area contributed by atoms with E-state index >= 15 is 0 Å². The summed E-state index contributed by atoms with van der Waals surface area (Å²) in [7, 11) is 6.49. The second-order valence-electron chi connectivity index (χ2n) is 5.41. The number of likely N-dealkylation sites (N-methyl/N-ethyl adjacent to an activating group) is 2. The number of nitrogens with zero attached hydrogens (tertiary/aromatic N) is 2. The van der Waals surface area contributed by atoms with Gasteiger partial charge >= 0.3 is 0 Å². The molecule has 0 radical (unpaired) electrons. The van der Waals surface area contributed by atoms with Gasteiger partial charge in [-0.05, 0) is 41.4 Å². The lowest BCUT2D eigenvalue weighted by atomic mass is 10.0. The summed E-state index contributed by atoms with van der Waals surface area (Å²) < 4.78 is 0. The number of hydrogen-bond donors (Lipinski definition) is 1. The van der Waals surface area contributed by atoms with E-state index in [9.17, 15) is 0 Å². The summed E-state index contributed by atoms with van der Waals surface area (Å²) in [5, 5.41) is 3.56. The summed E-state index contributed by atoms with van der Waals surface area (Å²) in [6.07, 6.45) is 1.26. The van der Waals surface area contributed by atoms with Crippen LogP contribution in [0.15, 0.2) is 0 Å². The smallest absolute Gasteiger partial charge is 0.0235 e. The Morgan fingerprint density at radius 2 is 1.86 bits per heavy atom. The Bertz CT molecular complexity index is 177. The van der Waals surface area contributed by atoms with E-state index in [0.29, 0.717) is 11.6 Å². The Labute approximate surface area is 88.5 Å². The monoisotopic (exact) mass is 199 g/mol. The molecular formula is C11H25N3. The van der Waals surface area contributed by atoms with Crippen molar-refractivity contribution in [2.24, 2.45) is 0 Å². The van der Waals surface area contributed by atoms with E-state index in [1.165, 1.54) is 6.42 Å². The van der Waals surface area contributed by atoms with Gasteiger partial charge < -0.3 is 15.1 Å². The first-order valence-corrected chi connectivity index (χ1v) is 5.51. The normalized spacial score (nSPS) is 26.4. The predicted octanol–water partition coefficient (Wildman–Crippen LogP) is 0.620. The second-order valence-corrected chi connectivity index (χ2v) is 5.41. The Hall–Kier alpha value is -0.120. The SMILES string of the molecule is CN(C)CCN(C)C1CNC(C)(C)C1. The van der Waals surface area contributed by atoms with Gasteiger partial charge in [-0.25, -0.2) is 0 Å². The Kier molecular flexibility index (Phi) is 3.93. The average molecular weight is 199 g/mol. The minimum absolute atomic E-state index is 0.330. The summed E-state index contributed by atoms with van der Waals surface area (Å²) in [5.41, 5.74) is 0.330. The largest absolute Gasteiger partial charge is 0.310 e. The molecule has 1 atom stereocenters. The maximum Gasteiger partial charge on any atom is 0.0235 e. The molecule has 0 bridgehead atoms. The number of rotatable bonds is 4. The third-order valence-corrected chi connectivity index (χ3v) is 3.09. The van der Waals surface area contributed by atoms with Gasteiger partial charge in [0.1, 0.15) is 0 Å². The fourth-order valence-corrected chi connectivity index (χ4v) is 1.98. The van der Waals surface area contributed by atoms with E-state index in [1.807, 2.05) is 0 Å². The fourth-order valence-electron chi connectivity index (χ4n) is 1.98. The molecule has 0 spiro atoms. The zero-order valence-electron chi connectivity index (χ0n) is 10.3. The molecule has 3 nitrogen and oxygen atoms in total. The van der Waals surface area contributed by atoms with Crippen LogP contribution < -0.4 is 5.32 Å². The van der Waals surface area contributed by atoms with Crippen LogP contribution in [0.3, 0.4) is 0 Å². The van der Waals surface area contributed by atoms with Gasteiger partial charge in [0.2, 0.25) is 0 Å². The van der Waals surface area contributed by atoms with Gasteiger partial charge in [0, 0.05) is 31.2 Å². The third-order valence-electron chi connectivity index (χ3n) is 3.09. The van der Waals surface area contributed by atoms with Gasteiger partial charge in [-0.15, -0.1) is 0 Å². The van der Waals surface area contributed by atoms with Gasteiger partial charge in [-0.3, -0.25) is 0 Å². The molecule has 1 saturated heterocycles. The topological polar surface area (TPSA) is 18.5 Å². The Morgan fingerprint density at radius 3 is 2.29 bits per heavy atom. The van der Waals surface area contributed by atoms with Crippen molar-refractivity contribution in [1.29, 1.82) is 0 Å². The third kappa shape index (κ3) is 3.56. The molecule has 1 fully saturated rings. The van der Waals surface area contributed by atoms with Gasteiger partial charge in [0.15, 0.2) is 0 Å². The first kappa shape index (κ1) is 12.0. The highest BCUT2D eigenvalue weighted by atomic mass is 15.2. The highest BCUT2D eigenvalue weighted by molar-refractivity contribution is 4.93. The number of nitrogens with one attached hydrogen (secondary N) is 1. The molecule has 1 rings (SSSR count). The lowest BCUT2D eigenvalue weighted by Gasteiger charge is -2.26. The van der Waals surface area contributed by atoms with Crippen LogP contribution >= 0.6 is 0 Å². The minimum Gasteiger partial charge on any atom is -0.310 e. The van der Waals surface area contributed by atoms with Gasteiger partial charge in [-0.2, -0.15) is 0 Å². The fraction of sp³-hybridized carbons (Fsp3) is 1.00. The van der Waals surface area contributed by atoms with E-state index in [-0.39, 0.29) is 0 Å². The van der Waals surface area contributed by atoms with Crippen LogP contribution in [0, 0.1) is 0 Å². The van der Waals surface area contributed by atoms with E-state index in [4.69, 9.17) is 0 Å². The maximum atomic E-state index is 3.56. The van der Waals surface area contributed by atoms with Crippen LogP contribution in [-0.2, 0) is 0 Å². The molecular weight excluding hydrogens is 174 g/mol. The molecule has 84 valence electrons. The van der Waals surface area contributed by atoms with Crippen LogP contribution in [-0.4, -0.2) is 62.2 Å². The lowest BCUT2D eigenvalue weighted by molar-refractivity contribution is 0.222. The molecule has 0 aromatic rings. The van der Waals surface area contributed by atoms with E-state index in [2.05, 4.69) is 50.1 Å². The summed E-state index contributed by atoms with van der Waals surface area (Å²) >= 11 is 0. The summed E-state index contributed by atoms with van der Waals surface area (Å²) in [5.74, 6) is 0. The summed E-state index contributed by atoms with van der Waals surface area (Å²) in [4.78, 5) is 4.71. The van der Waals surface area contributed by atoms with Crippen molar-refractivity contribution < 1.29 is 0 Å². The molecule has 1 heterocycles. The van der Waals surface area contributed by atoms with Crippen LogP contribution in [0.2, 0.25) is 0 Å². The first-order chi connectivity index (χ1) is 6.41. The van der Waals surface area contributed by atoms with Crippen molar-refractivity contribution in [2.75, 3.05) is 40.8 Å². The Morgan fingerprint density at radius 1 is 1.21 bits per heavy atom. The molecule has 3 heteroatoms. The molecule has 1 unspecified atom stereocenters. The van der Waals surface area contributed by atoms with Crippen LogP contribution in [0.25, 0.3) is 0 Å². The minimum atomic E-state index is 0.330. The molecule has 1 aliphatic heterocycles. The maximum absolute atomic E-state index is 3.56. The summed E-state index contributed by atoms with van der Waals surface area (Å²) in [6, 6.07) is 0.713. The van der Waals surface area contributed by atoms with Gasteiger partial charge in [0.05, 0.1) is 0 Å². The summed E-state index contributed by atoms with van der Waals surface area (Å²) in [6.45, 7) is 8.01. The van der Waals surface area contributed by atoms with Crippen LogP contribution in [0.5, 0.6) is 0 Å². The molecule has 1 aliphatic rings. The first-order valence-electron chi connectivity index (χ1n) is 5.51. The Balaban J connectivity index is 2.29. The highest BCUT2D eigenvalue weighted by Crippen LogP contribution is 2.20. The standard InChI is InChI=1S/C11H25N3/c1-11(2)8-10(9-12-11)14(5)7-6-13(3)4/h10,12H,6-9H2,1-5H3. The van der Waals surface area contributed by atoms with Crippen molar-refractivity contribution in [2.45, 2.75) is 31.8 Å². The molecule has 0 saturated carbocycles. The molecule has 14 heavy (non-hydrogen) atoms. The molecule has 0 aliphatic carbocycles. The second kappa shape index (κ2) is 4.60. The van der Waals surface area contributed by atoms with E-state index in [0.717, 1.165) is 19.6 Å². The van der Waals surface area contributed by atoms with Crippen molar-refractivity contribution in [3.63, 3.8) is 0 Å². The van der Waals surface area contributed by atoms with Crippen molar-refractivity contribution in [3.8, 4) is 0 Å². The lowest BCUT2D eigenvalue weighted by Crippen LogP contribution is -2.37. The van der Waals surface area contributed by atoms with E-state index in [1.54, 1.807) is 0 Å². The molecule has 0 amide bonds. The van der Waals surface area contributed by atoms with Crippen LogP contribution in [0.1, 0.15) is 20.3 Å². The number of hydrogen-bond acceptors (Lipinski definition) is 3. The van der Waals surface area contributed by atoms with E-state index < -0.39 is 0 Å². The predicted molar refractivity (Wildman–Crippen MR) is 61.7 cm³/mol. The zero-order chi connectivity index (χ0) is 10.8. The van der Waals surface area contributed by atoms with Gasteiger partial charge in [-0.1, -0.05) is 0 Å². The van der Waals surface area contributed by atoms with Gasteiger partial charge in [0.25, 0.3) is 0 Å². The highest BCUT2D eigenvalue weighted by Gasteiger charge is 2.32. The molecule has 0 aromatic heterocycles. The van der Waals surface area contributed by atoms with Crippen molar-refractivity contribution >= 4 is 0 Å². The van der Waals surface area contributed by atoms with Crippen molar-refractivity contribution in [3.05, 3.63) is 0 Å². The van der Waals surface area contributed by atoms with Crippen LogP contribution in [0.4, 0.5) is 0 Å². The average Bonchev–Trinajstić information content (AvgIpc) is 2.41.